The maximum absolute atomic E-state index is 6.14. The molecule has 1 aromatic heterocycles. The Bertz CT molecular complexity index is 566. The molecule has 2 aromatic rings. The average Bonchev–Trinajstić information content (AvgIpc) is 2.98. The fraction of sp³-hybridized carbons (Fsp3) is 0.462. The Morgan fingerprint density at radius 1 is 1.30 bits per heavy atom. The number of nitrogens with one attached hydrogen (secondary N) is 1. The van der Waals surface area contributed by atoms with Gasteiger partial charge in [0.25, 0.3) is 0 Å². The second-order valence-electron chi connectivity index (χ2n) is 4.98. The molecule has 0 saturated carbocycles. The van der Waals surface area contributed by atoms with Crippen LogP contribution in [0.2, 0.25) is 10.0 Å². The predicted octanol–water partition coefficient (Wildman–Crippen LogP) is 2.57. The summed E-state index contributed by atoms with van der Waals surface area (Å²) in [6.45, 7) is 2.00. The van der Waals surface area contributed by atoms with Crippen LogP contribution >= 0.6 is 23.2 Å². The number of tetrazole rings is 1. The van der Waals surface area contributed by atoms with E-state index in [1.54, 1.807) is 4.80 Å². The normalized spacial score (nSPS) is 20.8. The SMILES string of the molecule is Clc1ccc([C@@H]([C@H]2CCCNC2)n2ncnn2)cc1Cl. The third-order valence-electron chi connectivity index (χ3n) is 3.68. The van der Waals surface area contributed by atoms with E-state index in [1.165, 1.54) is 6.33 Å². The minimum Gasteiger partial charge on any atom is -0.316 e. The minimum absolute atomic E-state index is 0.0278. The highest BCUT2D eigenvalue weighted by atomic mass is 35.5. The van der Waals surface area contributed by atoms with Gasteiger partial charge >= 0.3 is 0 Å². The van der Waals surface area contributed by atoms with Crippen molar-refractivity contribution in [1.82, 2.24) is 25.5 Å². The van der Waals surface area contributed by atoms with Crippen LogP contribution in [0.15, 0.2) is 24.5 Å². The van der Waals surface area contributed by atoms with Crippen LogP contribution in [0.1, 0.15) is 24.4 Å². The van der Waals surface area contributed by atoms with Gasteiger partial charge in [0, 0.05) is 6.54 Å². The Kier molecular flexibility index (Phi) is 4.19. The van der Waals surface area contributed by atoms with E-state index < -0.39 is 0 Å². The standard InChI is InChI=1S/C13H15Cl2N5/c14-11-4-3-9(6-12(11)15)13(20-18-8-17-19-20)10-2-1-5-16-7-10/h3-4,6,8,10,13,16H,1-2,5,7H2/t10-,13-/m0/s1. The van der Waals surface area contributed by atoms with E-state index in [4.69, 9.17) is 23.2 Å². The highest BCUT2D eigenvalue weighted by Crippen LogP contribution is 2.33. The summed E-state index contributed by atoms with van der Waals surface area (Å²) in [5, 5.41) is 16.6. The molecular weight excluding hydrogens is 297 g/mol. The van der Waals surface area contributed by atoms with E-state index in [0.29, 0.717) is 16.0 Å². The number of rotatable bonds is 3. The molecule has 0 radical (unpaired) electrons. The monoisotopic (exact) mass is 311 g/mol. The molecule has 20 heavy (non-hydrogen) atoms. The lowest BCUT2D eigenvalue weighted by molar-refractivity contribution is 0.261. The van der Waals surface area contributed by atoms with Gasteiger partial charge in [0.1, 0.15) is 6.04 Å². The van der Waals surface area contributed by atoms with E-state index in [2.05, 4.69) is 20.7 Å². The second kappa shape index (κ2) is 6.08. The summed E-state index contributed by atoms with van der Waals surface area (Å²) in [5.41, 5.74) is 1.06. The third kappa shape index (κ3) is 2.80. The maximum Gasteiger partial charge on any atom is 0.162 e. The van der Waals surface area contributed by atoms with Crippen molar-refractivity contribution in [3.63, 3.8) is 0 Å². The van der Waals surface area contributed by atoms with E-state index in [0.717, 1.165) is 31.5 Å². The lowest BCUT2D eigenvalue weighted by Gasteiger charge is -2.30. The zero-order valence-corrected chi connectivity index (χ0v) is 12.3. The molecule has 1 saturated heterocycles. The van der Waals surface area contributed by atoms with Crippen molar-refractivity contribution < 1.29 is 0 Å². The van der Waals surface area contributed by atoms with Crippen LogP contribution in [0.3, 0.4) is 0 Å². The van der Waals surface area contributed by atoms with Crippen molar-refractivity contribution >= 4 is 23.2 Å². The van der Waals surface area contributed by atoms with Crippen LogP contribution < -0.4 is 5.32 Å². The van der Waals surface area contributed by atoms with Gasteiger partial charge in [-0.3, -0.25) is 0 Å². The lowest BCUT2D eigenvalue weighted by atomic mass is 9.87. The molecule has 1 aliphatic heterocycles. The number of piperidine rings is 1. The molecule has 106 valence electrons. The van der Waals surface area contributed by atoms with Gasteiger partial charge in [-0.15, -0.1) is 10.2 Å². The van der Waals surface area contributed by atoms with E-state index >= 15 is 0 Å². The van der Waals surface area contributed by atoms with Crippen molar-refractivity contribution in [3.8, 4) is 0 Å². The van der Waals surface area contributed by atoms with Crippen LogP contribution in [-0.4, -0.2) is 33.3 Å². The number of hydrogen-bond acceptors (Lipinski definition) is 4. The van der Waals surface area contributed by atoms with Crippen molar-refractivity contribution in [2.24, 2.45) is 5.92 Å². The van der Waals surface area contributed by atoms with Gasteiger partial charge < -0.3 is 5.32 Å². The molecule has 1 aliphatic rings. The predicted molar refractivity (Wildman–Crippen MR) is 78.0 cm³/mol. The molecule has 1 N–H and O–H groups in total. The zero-order valence-electron chi connectivity index (χ0n) is 10.8. The van der Waals surface area contributed by atoms with Gasteiger partial charge in [-0.05, 0) is 48.2 Å². The van der Waals surface area contributed by atoms with Crippen LogP contribution in [-0.2, 0) is 0 Å². The first-order valence-electron chi connectivity index (χ1n) is 6.64. The van der Waals surface area contributed by atoms with Gasteiger partial charge in [-0.1, -0.05) is 29.3 Å². The van der Waals surface area contributed by atoms with Gasteiger partial charge in [0.05, 0.1) is 10.0 Å². The highest BCUT2D eigenvalue weighted by Gasteiger charge is 2.28. The van der Waals surface area contributed by atoms with E-state index in [-0.39, 0.29) is 6.04 Å². The molecule has 5 nitrogen and oxygen atoms in total. The lowest BCUT2D eigenvalue weighted by Crippen LogP contribution is -2.36. The first-order chi connectivity index (χ1) is 9.75. The molecule has 7 heteroatoms. The van der Waals surface area contributed by atoms with E-state index in [1.807, 2.05) is 18.2 Å². The number of benzene rings is 1. The summed E-state index contributed by atoms with van der Waals surface area (Å²) in [7, 11) is 0. The molecule has 3 rings (SSSR count). The summed E-state index contributed by atoms with van der Waals surface area (Å²) in [6.07, 6.45) is 3.73. The molecule has 0 bridgehead atoms. The Morgan fingerprint density at radius 2 is 2.20 bits per heavy atom. The molecule has 0 aliphatic carbocycles. The number of aromatic nitrogens is 4. The minimum atomic E-state index is 0.0278. The summed E-state index contributed by atoms with van der Waals surface area (Å²) < 4.78 is 0. The molecule has 0 spiro atoms. The smallest absolute Gasteiger partial charge is 0.162 e. The summed E-state index contributed by atoms with van der Waals surface area (Å²) in [4.78, 5) is 1.66. The Labute approximate surface area is 127 Å². The maximum atomic E-state index is 6.14. The third-order valence-corrected chi connectivity index (χ3v) is 4.42. The highest BCUT2D eigenvalue weighted by molar-refractivity contribution is 6.42. The molecular formula is C13H15Cl2N5. The molecule has 0 unspecified atom stereocenters. The van der Waals surface area contributed by atoms with Gasteiger partial charge in [0.2, 0.25) is 0 Å². The molecule has 0 amide bonds. The van der Waals surface area contributed by atoms with E-state index in [9.17, 15) is 0 Å². The number of hydrogen-bond donors (Lipinski definition) is 1. The zero-order chi connectivity index (χ0) is 13.9. The number of halogens is 2. The summed E-state index contributed by atoms with van der Waals surface area (Å²) >= 11 is 12.1. The first kappa shape index (κ1) is 13.8. The van der Waals surface area contributed by atoms with Crippen LogP contribution in [0.5, 0.6) is 0 Å². The summed E-state index contributed by atoms with van der Waals surface area (Å²) in [5.74, 6) is 0.412. The largest absolute Gasteiger partial charge is 0.316 e. The quantitative estimate of drug-likeness (QED) is 0.946. The molecule has 1 aromatic carbocycles. The Morgan fingerprint density at radius 3 is 2.85 bits per heavy atom. The van der Waals surface area contributed by atoms with Gasteiger partial charge in [0.15, 0.2) is 6.33 Å². The van der Waals surface area contributed by atoms with Crippen molar-refractivity contribution in [3.05, 3.63) is 40.1 Å². The van der Waals surface area contributed by atoms with Crippen LogP contribution in [0, 0.1) is 5.92 Å². The van der Waals surface area contributed by atoms with Gasteiger partial charge in [-0.2, -0.15) is 4.80 Å². The van der Waals surface area contributed by atoms with Crippen LogP contribution in [0.4, 0.5) is 0 Å². The topological polar surface area (TPSA) is 55.6 Å². The molecule has 2 heterocycles. The molecule has 2 atom stereocenters. The first-order valence-corrected chi connectivity index (χ1v) is 7.39. The Balaban J connectivity index is 1.98. The molecule has 1 fully saturated rings. The fourth-order valence-electron chi connectivity index (χ4n) is 2.74. The second-order valence-corrected chi connectivity index (χ2v) is 5.80. The summed E-state index contributed by atoms with van der Waals surface area (Å²) in [6, 6.07) is 5.73. The van der Waals surface area contributed by atoms with Crippen LogP contribution in [0.25, 0.3) is 0 Å². The van der Waals surface area contributed by atoms with Crippen molar-refractivity contribution in [1.29, 1.82) is 0 Å². The van der Waals surface area contributed by atoms with Crippen molar-refractivity contribution in [2.75, 3.05) is 13.1 Å². The number of nitrogens with zero attached hydrogens (tertiary/aromatic N) is 4. The van der Waals surface area contributed by atoms with Crippen molar-refractivity contribution in [2.45, 2.75) is 18.9 Å². The Hall–Kier alpha value is -1.17. The fourth-order valence-corrected chi connectivity index (χ4v) is 3.05. The van der Waals surface area contributed by atoms with Gasteiger partial charge in [-0.25, -0.2) is 0 Å². The average molecular weight is 312 g/mol.